The zero-order valence-corrected chi connectivity index (χ0v) is 8.74. The fourth-order valence-corrected chi connectivity index (χ4v) is 1.58. The number of nitrogens with one attached hydrogen (secondary N) is 1. The van der Waals surface area contributed by atoms with Crippen molar-refractivity contribution in [3.8, 4) is 11.8 Å². The molecule has 1 rings (SSSR count). The summed E-state index contributed by atoms with van der Waals surface area (Å²) in [5.41, 5.74) is 0.558. The number of sulfonamides is 1. The molecule has 0 saturated heterocycles. The van der Waals surface area contributed by atoms with E-state index in [4.69, 9.17) is 5.26 Å². The number of pyridine rings is 1. The summed E-state index contributed by atoms with van der Waals surface area (Å²) in [6, 6.07) is 4.37. The van der Waals surface area contributed by atoms with Gasteiger partial charge in [0.1, 0.15) is 0 Å². The van der Waals surface area contributed by atoms with E-state index in [2.05, 4.69) is 4.98 Å². The van der Waals surface area contributed by atoms with E-state index in [1.165, 1.54) is 18.2 Å². The maximum absolute atomic E-state index is 11.2. The number of aromatic hydroxyl groups is 1. The SMILES string of the molecule is Cc1ccc(O)c(NS(=O)(=O)CC#N)n1. The Morgan fingerprint density at radius 3 is 2.87 bits per heavy atom. The number of hydrogen-bond acceptors (Lipinski definition) is 5. The van der Waals surface area contributed by atoms with E-state index >= 15 is 0 Å². The molecule has 0 aliphatic carbocycles. The second-order valence-electron chi connectivity index (χ2n) is 2.84. The van der Waals surface area contributed by atoms with Crippen molar-refractivity contribution in [2.75, 3.05) is 10.5 Å². The molecule has 2 N–H and O–H groups in total. The molecule has 7 heteroatoms. The number of anilines is 1. The topological polar surface area (TPSA) is 103 Å². The summed E-state index contributed by atoms with van der Waals surface area (Å²) in [5, 5.41) is 17.5. The fraction of sp³-hybridized carbons (Fsp3) is 0.250. The van der Waals surface area contributed by atoms with E-state index in [1.807, 2.05) is 4.72 Å². The zero-order valence-electron chi connectivity index (χ0n) is 7.93. The van der Waals surface area contributed by atoms with Crippen LogP contribution in [0.2, 0.25) is 0 Å². The van der Waals surface area contributed by atoms with Gasteiger partial charge in [-0.3, -0.25) is 4.72 Å². The monoisotopic (exact) mass is 227 g/mol. The molecule has 0 aliphatic heterocycles. The van der Waals surface area contributed by atoms with Gasteiger partial charge >= 0.3 is 0 Å². The van der Waals surface area contributed by atoms with Gasteiger partial charge in [0, 0.05) is 5.69 Å². The van der Waals surface area contributed by atoms with Gasteiger partial charge in [0.25, 0.3) is 0 Å². The highest BCUT2D eigenvalue weighted by Gasteiger charge is 2.13. The molecule has 15 heavy (non-hydrogen) atoms. The third-order valence-electron chi connectivity index (χ3n) is 1.52. The Morgan fingerprint density at radius 1 is 1.60 bits per heavy atom. The zero-order chi connectivity index (χ0) is 11.5. The van der Waals surface area contributed by atoms with E-state index in [9.17, 15) is 13.5 Å². The van der Waals surface area contributed by atoms with Crippen molar-refractivity contribution in [2.24, 2.45) is 0 Å². The summed E-state index contributed by atoms with van der Waals surface area (Å²) in [6.07, 6.45) is 0. The van der Waals surface area contributed by atoms with E-state index in [0.29, 0.717) is 5.69 Å². The first kappa shape index (κ1) is 11.3. The van der Waals surface area contributed by atoms with Crippen LogP contribution in [0.15, 0.2) is 12.1 Å². The molecule has 0 aromatic carbocycles. The Labute approximate surface area is 87.2 Å². The van der Waals surface area contributed by atoms with Gasteiger partial charge < -0.3 is 5.11 Å². The van der Waals surface area contributed by atoms with Crippen molar-refractivity contribution in [1.29, 1.82) is 5.26 Å². The van der Waals surface area contributed by atoms with Crippen LogP contribution in [0, 0.1) is 18.3 Å². The molecule has 0 amide bonds. The smallest absolute Gasteiger partial charge is 0.247 e. The summed E-state index contributed by atoms with van der Waals surface area (Å²) in [4.78, 5) is 3.79. The molecule has 0 fully saturated rings. The summed E-state index contributed by atoms with van der Waals surface area (Å²) in [6.45, 7) is 1.65. The van der Waals surface area contributed by atoms with Crippen LogP contribution in [0.1, 0.15) is 5.69 Å². The maximum atomic E-state index is 11.2. The summed E-state index contributed by atoms with van der Waals surface area (Å²) in [7, 11) is -3.76. The van der Waals surface area contributed by atoms with E-state index in [-0.39, 0.29) is 11.6 Å². The highest BCUT2D eigenvalue weighted by atomic mass is 32.2. The lowest BCUT2D eigenvalue weighted by molar-refractivity contribution is 0.475. The van der Waals surface area contributed by atoms with Crippen LogP contribution in [-0.4, -0.2) is 24.3 Å². The second kappa shape index (κ2) is 4.14. The third kappa shape index (κ3) is 3.11. The van der Waals surface area contributed by atoms with Crippen molar-refractivity contribution in [1.82, 2.24) is 4.98 Å². The Hall–Kier alpha value is -1.81. The predicted molar refractivity (Wildman–Crippen MR) is 53.7 cm³/mol. The fourth-order valence-electron chi connectivity index (χ4n) is 0.893. The van der Waals surface area contributed by atoms with Crippen molar-refractivity contribution in [3.63, 3.8) is 0 Å². The number of aryl methyl sites for hydroxylation is 1. The van der Waals surface area contributed by atoms with Crippen LogP contribution in [0.25, 0.3) is 0 Å². The molecule has 0 aliphatic rings. The average Bonchev–Trinajstić information content (AvgIpc) is 2.10. The molecule has 0 atom stereocenters. The lowest BCUT2D eigenvalue weighted by Gasteiger charge is -2.06. The van der Waals surface area contributed by atoms with Gasteiger partial charge in [-0.05, 0) is 19.1 Å². The standard InChI is InChI=1S/C8H9N3O3S/c1-6-2-3-7(12)8(10-6)11-15(13,14)5-4-9/h2-3,12H,5H2,1H3,(H,10,11). The molecule has 1 aromatic heterocycles. The second-order valence-corrected chi connectivity index (χ2v) is 4.56. The van der Waals surface area contributed by atoms with Crippen LogP contribution >= 0.6 is 0 Å². The Morgan fingerprint density at radius 2 is 2.27 bits per heavy atom. The number of aromatic nitrogens is 1. The molecule has 80 valence electrons. The molecular formula is C8H9N3O3S. The Bertz CT molecular complexity index is 504. The van der Waals surface area contributed by atoms with Gasteiger partial charge in [0.2, 0.25) is 10.0 Å². The first-order valence-corrected chi connectivity index (χ1v) is 5.64. The number of nitriles is 1. The average molecular weight is 227 g/mol. The van der Waals surface area contributed by atoms with Gasteiger partial charge in [-0.2, -0.15) is 5.26 Å². The molecule has 0 spiro atoms. The quantitative estimate of drug-likeness (QED) is 0.776. The van der Waals surface area contributed by atoms with Gasteiger partial charge in [-0.25, -0.2) is 13.4 Å². The largest absolute Gasteiger partial charge is 0.504 e. The van der Waals surface area contributed by atoms with Gasteiger partial charge in [0.15, 0.2) is 17.3 Å². The van der Waals surface area contributed by atoms with Crippen LogP contribution in [0.5, 0.6) is 5.75 Å². The molecule has 6 nitrogen and oxygen atoms in total. The van der Waals surface area contributed by atoms with Crippen LogP contribution in [0.3, 0.4) is 0 Å². The first-order chi connectivity index (χ1) is 6.94. The molecule has 1 aromatic rings. The molecule has 0 bridgehead atoms. The molecule has 0 saturated carbocycles. The molecular weight excluding hydrogens is 218 g/mol. The van der Waals surface area contributed by atoms with Gasteiger partial charge in [-0.1, -0.05) is 0 Å². The van der Waals surface area contributed by atoms with Crippen LogP contribution in [-0.2, 0) is 10.0 Å². The van der Waals surface area contributed by atoms with Crippen molar-refractivity contribution < 1.29 is 13.5 Å². The molecule has 0 unspecified atom stereocenters. The predicted octanol–water partition coefficient (Wildman–Crippen LogP) is 0.361. The van der Waals surface area contributed by atoms with Crippen molar-refractivity contribution in [2.45, 2.75) is 6.92 Å². The first-order valence-electron chi connectivity index (χ1n) is 3.98. The van der Waals surface area contributed by atoms with Gasteiger partial charge in [0.05, 0.1) is 6.07 Å². The summed E-state index contributed by atoms with van der Waals surface area (Å²) < 4.78 is 24.4. The highest BCUT2D eigenvalue weighted by molar-refractivity contribution is 7.92. The van der Waals surface area contributed by atoms with E-state index in [1.54, 1.807) is 6.92 Å². The highest BCUT2D eigenvalue weighted by Crippen LogP contribution is 2.21. The van der Waals surface area contributed by atoms with E-state index < -0.39 is 15.8 Å². The van der Waals surface area contributed by atoms with Crippen molar-refractivity contribution >= 4 is 15.8 Å². The minimum Gasteiger partial charge on any atom is -0.504 e. The molecule has 1 heterocycles. The van der Waals surface area contributed by atoms with Crippen LogP contribution in [0.4, 0.5) is 5.82 Å². The minimum atomic E-state index is -3.76. The Kier molecular flexibility index (Phi) is 3.11. The number of nitrogens with zero attached hydrogens (tertiary/aromatic N) is 2. The summed E-state index contributed by atoms with van der Waals surface area (Å²) in [5.74, 6) is -1.12. The minimum absolute atomic E-state index is 0.162. The maximum Gasteiger partial charge on any atom is 0.247 e. The normalized spacial score (nSPS) is 10.7. The van der Waals surface area contributed by atoms with Gasteiger partial charge in [-0.15, -0.1) is 0 Å². The molecule has 0 radical (unpaired) electrons. The number of rotatable bonds is 3. The lowest BCUT2D eigenvalue weighted by atomic mass is 10.3. The Balaban J connectivity index is 3.00. The third-order valence-corrected chi connectivity index (χ3v) is 2.53. The lowest BCUT2D eigenvalue weighted by Crippen LogP contribution is -2.16. The van der Waals surface area contributed by atoms with Crippen molar-refractivity contribution in [3.05, 3.63) is 17.8 Å². The van der Waals surface area contributed by atoms with E-state index in [0.717, 1.165) is 0 Å². The summed E-state index contributed by atoms with van der Waals surface area (Å²) >= 11 is 0. The van der Waals surface area contributed by atoms with Crippen LogP contribution < -0.4 is 4.72 Å². The number of hydrogen-bond donors (Lipinski definition) is 2.